The summed E-state index contributed by atoms with van der Waals surface area (Å²) in [5, 5.41) is 7.87. The summed E-state index contributed by atoms with van der Waals surface area (Å²) in [5.41, 5.74) is 19.2. The minimum absolute atomic E-state index is 0.0352. The van der Waals surface area contributed by atoms with E-state index in [-0.39, 0.29) is 3.12 Å². The van der Waals surface area contributed by atoms with E-state index in [4.69, 9.17) is 3.68 Å². The zero-order valence-electron chi connectivity index (χ0n) is 28.9. The molecule has 0 heterocycles. The Balaban J connectivity index is 1.71. The Kier molecular flexibility index (Phi) is 11.4. The predicted molar refractivity (Wildman–Crippen MR) is 189 cm³/mol. The van der Waals surface area contributed by atoms with E-state index in [1.165, 1.54) is 78.1 Å². The van der Waals surface area contributed by atoms with E-state index >= 15 is 0 Å². The van der Waals surface area contributed by atoms with Crippen molar-refractivity contribution in [2.75, 3.05) is 23.7 Å². The maximum atomic E-state index is 7.57. The van der Waals surface area contributed by atoms with Crippen molar-refractivity contribution < 1.29 is 22.0 Å². The Morgan fingerprint density at radius 2 is 0.841 bits per heavy atom. The summed E-state index contributed by atoms with van der Waals surface area (Å²) in [6.07, 6.45) is 2.04. The molecular formula is C40H54N3Zr. The molecule has 0 atom stereocenters. The summed E-state index contributed by atoms with van der Waals surface area (Å²) >= 11 is -2.59. The Morgan fingerprint density at radius 1 is 0.500 bits per heavy atom. The third-order valence-electron chi connectivity index (χ3n) is 10.9. The van der Waals surface area contributed by atoms with Crippen LogP contribution in [0.5, 0.6) is 0 Å². The van der Waals surface area contributed by atoms with Crippen molar-refractivity contribution in [2.24, 2.45) is 3.68 Å². The second-order valence-electron chi connectivity index (χ2n) is 13.0. The first kappa shape index (κ1) is 34.2. The van der Waals surface area contributed by atoms with Crippen LogP contribution in [0.4, 0.5) is 11.4 Å². The molecule has 4 aromatic rings. The van der Waals surface area contributed by atoms with E-state index in [1.807, 2.05) is 0 Å². The molecule has 4 N–H and O–H groups in total. The molecule has 4 aromatic carbocycles. The molecule has 4 rings (SSSR count). The number of nitrogens with two attached hydrogens (primary N) is 1. The zero-order valence-corrected chi connectivity index (χ0v) is 31.3. The van der Waals surface area contributed by atoms with Crippen LogP contribution in [0.2, 0.25) is 0 Å². The quantitative estimate of drug-likeness (QED) is 0.141. The van der Waals surface area contributed by atoms with Crippen LogP contribution in [0.15, 0.2) is 60.7 Å². The number of benzene rings is 4. The average molecular weight is 668 g/mol. The van der Waals surface area contributed by atoms with Gasteiger partial charge >= 0.3 is 278 Å². The molecule has 0 aliphatic carbocycles. The van der Waals surface area contributed by atoms with Crippen LogP contribution < -0.4 is 14.3 Å². The van der Waals surface area contributed by atoms with Gasteiger partial charge in [-0.15, -0.1) is 0 Å². The summed E-state index contributed by atoms with van der Waals surface area (Å²) in [6.45, 7) is 24.4. The van der Waals surface area contributed by atoms with E-state index in [2.05, 4.69) is 141 Å². The summed E-state index contributed by atoms with van der Waals surface area (Å²) in [4.78, 5) is 0. The Morgan fingerprint density at radius 3 is 1.23 bits per heavy atom. The topological polar surface area (TPSA) is 50.1 Å². The fraction of sp³-hybridized carbons (Fsp3) is 0.400. The normalized spacial score (nSPS) is 11.5. The molecule has 0 saturated heterocycles. The SMILES string of the molecule is Cc1c(C)c(C)c(NCC[C](CCNc2c(C)c(C)c(C)c(C)c2C)(c2ccccc2)[Zr]([NH2])[CH2]c2ccccc2)c(C)c1C. The summed E-state index contributed by atoms with van der Waals surface area (Å²) in [6, 6.07) is 22.1. The van der Waals surface area contributed by atoms with Gasteiger partial charge in [0.05, 0.1) is 0 Å². The number of anilines is 2. The van der Waals surface area contributed by atoms with Crippen molar-refractivity contribution >= 4 is 11.4 Å². The van der Waals surface area contributed by atoms with Gasteiger partial charge in [0.2, 0.25) is 0 Å². The molecule has 44 heavy (non-hydrogen) atoms. The van der Waals surface area contributed by atoms with Gasteiger partial charge in [0.25, 0.3) is 0 Å². The number of hydrogen-bond donors (Lipinski definition) is 3. The van der Waals surface area contributed by atoms with Crippen molar-refractivity contribution in [3.63, 3.8) is 0 Å². The van der Waals surface area contributed by atoms with Crippen LogP contribution in [-0.4, -0.2) is 13.1 Å². The molecule has 233 valence electrons. The maximum absolute atomic E-state index is 7.57. The first-order valence-electron chi connectivity index (χ1n) is 16.2. The van der Waals surface area contributed by atoms with Gasteiger partial charge in [0, 0.05) is 0 Å². The monoisotopic (exact) mass is 666 g/mol. The second kappa shape index (κ2) is 14.6. The fourth-order valence-corrected chi connectivity index (χ4v) is 13.0. The molecule has 3 nitrogen and oxygen atoms in total. The van der Waals surface area contributed by atoms with Gasteiger partial charge in [-0.2, -0.15) is 0 Å². The minimum atomic E-state index is -2.59. The van der Waals surface area contributed by atoms with E-state index in [1.54, 1.807) is 0 Å². The number of nitrogens with one attached hydrogen (secondary N) is 2. The van der Waals surface area contributed by atoms with Crippen LogP contribution in [0.3, 0.4) is 0 Å². The molecule has 0 radical (unpaired) electrons. The Bertz CT molecular complexity index is 1460. The van der Waals surface area contributed by atoms with Gasteiger partial charge in [-0.25, -0.2) is 0 Å². The third kappa shape index (κ3) is 6.92. The average Bonchev–Trinajstić information content (AvgIpc) is 3.04. The third-order valence-corrected chi connectivity index (χ3v) is 17.8. The van der Waals surface area contributed by atoms with Crippen molar-refractivity contribution in [1.82, 2.24) is 0 Å². The first-order valence-corrected chi connectivity index (χ1v) is 20.6. The van der Waals surface area contributed by atoms with E-state index in [9.17, 15) is 0 Å². The molecule has 0 bridgehead atoms. The molecule has 0 amide bonds. The summed E-state index contributed by atoms with van der Waals surface area (Å²) in [7, 11) is 0. The van der Waals surface area contributed by atoms with Crippen molar-refractivity contribution in [2.45, 2.75) is 89.3 Å². The van der Waals surface area contributed by atoms with Crippen LogP contribution in [0.1, 0.15) is 79.6 Å². The summed E-state index contributed by atoms with van der Waals surface area (Å²) in [5.74, 6) is 0. The van der Waals surface area contributed by atoms with Crippen molar-refractivity contribution in [3.8, 4) is 0 Å². The molecule has 0 saturated carbocycles. The molecule has 0 aliphatic heterocycles. The van der Waals surface area contributed by atoms with Crippen LogP contribution in [-0.2, 0) is 29.3 Å². The van der Waals surface area contributed by atoms with E-state index < -0.39 is 22.0 Å². The van der Waals surface area contributed by atoms with Gasteiger partial charge < -0.3 is 0 Å². The van der Waals surface area contributed by atoms with Gasteiger partial charge in [-0.05, 0) is 0 Å². The van der Waals surface area contributed by atoms with Crippen molar-refractivity contribution in [3.05, 3.63) is 127 Å². The number of hydrogen-bond acceptors (Lipinski definition) is 3. The molecule has 0 aromatic heterocycles. The zero-order chi connectivity index (χ0) is 32.2. The van der Waals surface area contributed by atoms with Crippen LogP contribution >= 0.6 is 0 Å². The molecule has 0 aliphatic rings. The van der Waals surface area contributed by atoms with Crippen LogP contribution in [0, 0.1) is 69.2 Å². The Labute approximate surface area is 276 Å². The summed E-state index contributed by atoms with van der Waals surface area (Å²) < 4.78 is 8.56. The predicted octanol–water partition coefficient (Wildman–Crippen LogP) is 9.66. The molecule has 0 fully saturated rings. The van der Waals surface area contributed by atoms with Gasteiger partial charge in [-0.1, -0.05) is 0 Å². The molecule has 0 spiro atoms. The number of rotatable bonds is 12. The van der Waals surface area contributed by atoms with Gasteiger partial charge in [0.1, 0.15) is 0 Å². The fourth-order valence-electron chi connectivity index (χ4n) is 6.99. The van der Waals surface area contributed by atoms with Gasteiger partial charge in [0.15, 0.2) is 0 Å². The van der Waals surface area contributed by atoms with E-state index in [0.29, 0.717) is 0 Å². The van der Waals surface area contributed by atoms with Crippen LogP contribution in [0.25, 0.3) is 0 Å². The van der Waals surface area contributed by atoms with Gasteiger partial charge in [-0.3, -0.25) is 0 Å². The first-order chi connectivity index (χ1) is 20.9. The molecular weight excluding hydrogens is 614 g/mol. The Hall–Kier alpha value is -2.68. The molecule has 0 unspecified atom stereocenters. The van der Waals surface area contributed by atoms with E-state index in [0.717, 1.165) is 30.1 Å². The van der Waals surface area contributed by atoms with Crippen molar-refractivity contribution in [1.29, 1.82) is 0 Å². The standard InChI is InChI=1S/C33H45N2.C7H7.H2N.Zr/c1-20-22(3)26(7)32(27(8)23(20)4)34-18-16-31(30-14-12-11-13-15-30)17-19-35-33-28(9)24(5)21(2)25(6)29(33)10;1-7-5-3-2-4-6-7;;/h11-15,34-35H,16-19H2,1-10H3;2-6H,1H2;1H2;/q;;-1;+1. The second-order valence-corrected chi connectivity index (χ2v) is 18.8. The molecule has 4 heteroatoms.